The Balaban J connectivity index is 1.48. The van der Waals surface area contributed by atoms with Crippen LogP contribution in [0.2, 0.25) is 0 Å². The van der Waals surface area contributed by atoms with Crippen molar-refractivity contribution in [3.05, 3.63) is 65.2 Å². The molecule has 0 unspecified atom stereocenters. The fourth-order valence-electron chi connectivity index (χ4n) is 3.61. The lowest BCUT2D eigenvalue weighted by molar-refractivity contribution is 0.0841. The predicted octanol–water partition coefficient (Wildman–Crippen LogP) is 3.50. The van der Waals surface area contributed by atoms with E-state index in [4.69, 9.17) is 0 Å². The summed E-state index contributed by atoms with van der Waals surface area (Å²) >= 11 is 0. The molecule has 1 heterocycles. The number of carbonyl (C=O) groups excluding carboxylic acids is 1. The summed E-state index contributed by atoms with van der Waals surface area (Å²) in [6.45, 7) is 5.00. The third kappa shape index (κ3) is 5.91. The highest BCUT2D eigenvalue weighted by molar-refractivity contribution is 7.92. The van der Waals surface area contributed by atoms with E-state index in [-0.39, 0.29) is 11.7 Å². The van der Waals surface area contributed by atoms with Gasteiger partial charge in [-0.3, -0.25) is 9.52 Å². The topological polar surface area (TPSA) is 66.5 Å². The number of hydrogen-bond acceptors (Lipinski definition) is 4. The van der Waals surface area contributed by atoms with Crippen LogP contribution in [0.25, 0.3) is 0 Å². The molecule has 28 heavy (non-hydrogen) atoms. The maximum absolute atomic E-state index is 12.8. The standard InChI is InChI=1S/C22H28N2O3S/c1-17-3-5-18(6-4-17)11-14-24-15-12-20(13-16-24)22(25)19-7-9-21(10-8-19)23-28(2,26)27/h3-10,20,23H,11-16H2,1-2H3. The van der Waals surface area contributed by atoms with Gasteiger partial charge in [0.1, 0.15) is 0 Å². The predicted molar refractivity (Wildman–Crippen MR) is 113 cm³/mol. The normalized spacial score (nSPS) is 16.1. The average Bonchev–Trinajstić information content (AvgIpc) is 2.67. The van der Waals surface area contributed by atoms with Crippen LogP contribution >= 0.6 is 0 Å². The summed E-state index contributed by atoms with van der Waals surface area (Å²) in [5.74, 6) is 0.202. The van der Waals surface area contributed by atoms with Crippen LogP contribution in [0, 0.1) is 12.8 Å². The molecule has 1 aliphatic rings. The number of likely N-dealkylation sites (tertiary alicyclic amines) is 1. The van der Waals surface area contributed by atoms with Gasteiger partial charge in [0.2, 0.25) is 10.0 Å². The van der Waals surface area contributed by atoms with E-state index >= 15 is 0 Å². The van der Waals surface area contributed by atoms with Gasteiger partial charge in [-0.1, -0.05) is 29.8 Å². The minimum Gasteiger partial charge on any atom is -0.303 e. The van der Waals surface area contributed by atoms with Crippen LogP contribution in [0.5, 0.6) is 0 Å². The first kappa shape index (κ1) is 20.6. The van der Waals surface area contributed by atoms with E-state index in [0.29, 0.717) is 11.3 Å². The van der Waals surface area contributed by atoms with Gasteiger partial charge < -0.3 is 4.90 Å². The Bertz CT molecular complexity index is 898. The molecule has 1 saturated heterocycles. The largest absolute Gasteiger partial charge is 0.303 e. The molecule has 1 fully saturated rings. The molecule has 0 atom stereocenters. The number of sulfonamides is 1. The third-order valence-electron chi connectivity index (χ3n) is 5.27. The maximum atomic E-state index is 12.8. The highest BCUT2D eigenvalue weighted by Crippen LogP contribution is 2.23. The molecule has 0 aliphatic carbocycles. The van der Waals surface area contributed by atoms with Gasteiger partial charge in [0, 0.05) is 23.7 Å². The SMILES string of the molecule is Cc1ccc(CCN2CCC(C(=O)c3ccc(NS(C)(=O)=O)cc3)CC2)cc1. The summed E-state index contributed by atoms with van der Waals surface area (Å²) < 4.78 is 25.0. The number of nitrogens with zero attached hydrogens (tertiary/aromatic N) is 1. The molecule has 0 aromatic heterocycles. The number of rotatable bonds is 7. The number of carbonyl (C=O) groups is 1. The number of ketones is 1. The van der Waals surface area contributed by atoms with Crippen LogP contribution in [0.1, 0.15) is 34.3 Å². The second kappa shape index (κ2) is 8.88. The fraction of sp³-hybridized carbons (Fsp3) is 0.409. The van der Waals surface area contributed by atoms with E-state index in [1.165, 1.54) is 11.1 Å². The first-order valence-electron chi connectivity index (χ1n) is 9.70. The zero-order valence-corrected chi connectivity index (χ0v) is 17.3. The fourth-order valence-corrected chi connectivity index (χ4v) is 4.18. The lowest BCUT2D eigenvalue weighted by Crippen LogP contribution is -2.37. The van der Waals surface area contributed by atoms with E-state index in [2.05, 4.69) is 40.8 Å². The summed E-state index contributed by atoms with van der Waals surface area (Å²) in [5.41, 5.74) is 3.76. The first-order valence-corrected chi connectivity index (χ1v) is 11.6. The van der Waals surface area contributed by atoms with E-state index in [9.17, 15) is 13.2 Å². The molecular weight excluding hydrogens is 372 g/mol. The zero-order valence-electron chi connectivity index (χ0n) is 16.5. The molecule has 6 heteroatoms. The van der Waals surface area contributed by atoms with Crippen molar-refractivity contribution in [1.82, 2.24) is 4.90 Å². The van der Waals surface area contributed by atoms with Crippen LogP contribution in [0.4, 0.5) is 5.69 Å². The van der Waals surface area contributed by atoms with Gasteiger partial charge in [-0.05, 0) is 69.1 Å². The summed E-state index contributed by atoms with van der Waals surface area (Å²) in [7, 11) is -3.31. The third-order valence-corrected chi connectivity index (χ3v) is 5.87. The van der Waals surface area contributed by atoms with E-state index in [1.54, 1.807) is 24.3 Å². The molecule has 1 aliphatic heterocycles. The van der Waals surface area contributed by atoms with Gasteiger partial charge in [0.15, 0.2) is 5.78 Å². The van der Waals surface area contributed by atoms with Crippen molar-refractivity contribution >= 4 is 21.5 Å². The second-order valence-electron chi connectivity index (χ2n) is 7.67. The Hall–Kier alpha value is -2.18. The van der Waals surface area contributed by atoms with Crippen LogP contribution in [0.15, 0.2) is 48.5 Å². The van der Waals surface area contributed by atoms with E-state index in [1.807, 2.05) is 0 Å². The van der Waals surface area contributed by atoms with Crippen LogP contribution in [-0.4, -0.2) is 45.0 Å². The Morgan fingerprint density at radius 3 is 2.21 bits per heavy atom. The van der Waals surface area contributed by atoms with Crippen molar-refractivity contribution in [1.29, 1.82) is 0 Å². The monoisotopic (exact) mass is 400 g/mol. The molecule has 0 spiro atoms. The summed E-state index contributed by atoms with van der Waals surface area (Å²) in [6, 6.07) is 15.4. The molecule has 1 N–H and O–H groups in total. The molecule has 3 rings (SSSR count). The molecule has 0 radical (unpaired) electrons. The van der Waals surface area contributed by atoms with Crippen molar-refractivity contribution < 1.29 is 13.2 Å². The smallest absolute Gasteiger partial charge is 0.229 e. The molecule has 2 aromatic carbocycles. The Morgan fingerprint density at radius 1 is 1.04 bits per heavy atom. The number of piperidine rings is 1. The number of anilines is 1. The number of benzene rings is 2. The molecule has 0 amide bonds. The number of aryl methyl sites for hydroxylation is 1. The van der Waals surface area contributed by atoms with Crippen LogP contribution < -0.4 is 4.72 Å². The quantitative estimate of drug-likeness (QED) is 0.723. The van der Waals surface area contributed by atoms with Crippen molar-refractivity contribution in [2.24, 2.45) is 5.92 Å². The Morgan fingerprint density at radius 2 is 1.64 bits per heavy atom. The maximum Gasteiger partial charge on any atom is 0.229 e. The minimum atomic E-state index is -3.31. The molecule has 5 nitrogen and oxygen atoms in total. The van der Waals surface area contributed by atoms with Crippen LogP contribution in [-0.2, 0) is 16.4 Å². The minimum absolute atomic E-state index is 0.0457. The highest BCUT2D eigenvalue weighted by Gasteiger charge is 2.25. The lowest BCUT2D eigenvalue weighted by atomic mass is 9.88. The van der Waals surface area contributed by atoms with Gasteiger partial charge >= 0.3 is 0 Å². The summed E-state index contributed by atoms with van der Waals surface area (Å²) in [5, 5.41) is 0. The van der Waals surface area contributed by atoms with Gasteiger partial charge in [0.05, 0.1) is 6.26 Å². The van der Waals surface area contributed by atoms with Crippen molar-refractivity contribution in [3.8, 4) is 0 Å². The molecule has 2 aromatic rings. The average molecular weight is 401 g/mol. The molecular formula is C22H28N2O3S. The van der Waals surface area contributed by atoms with Gasteiger partial charge in [-0.25, -0.2) is 8.42 Å². The van der Waals surface area contributed by atoms with Gasteiger partial charge in [-0.2, -0.15) is 0 Å². The van der Waals surface area contributed by atoms with E-state index < -0.39 is 10.0 Å². The molecule has 0 saturated carbocycles. The second-order valence-corrected chi connectivity index (χ2v) is 9.42. The Labute approximate surface area is 167 Å². The highest BCUT2D eigenvalue weighted by atomic mass is 32.2. The van der Waals surface area contributed by atoms with Gasteiger partial charge in [0.25, 0.3) is 0 Å². The zero-order chi connectivity index (χ0) is 20.1. The Kier molecular flexibility index (Phi) is 6.52. The van der Waals surface area contributed by atoms with Crippen molar-refractivity contribution in [3.63, 3.8) is 0 Å². The first-order chi connectivity index (χ1) is 13.3. The van der Waals surface area contributed by atoms with Crippen molar-refractivity contribution in [2.75, 3.05) is 30.6 Å². The number of hydrogen-bond donors (Lipinski definition) is 1. The van der Waals surface area contributed by atoms with Crippen molar-refractivity contribution in [2.45, 2.75) is 26.2 Å². The van der Waals surface area contributed by atoms with Gasteiger partial charge in [-0.15, -0.1) is 0 Å². The molecule has 0 bridgehead atoms. The summed E-state index contributed by atoms with van der Waals surface area (Å²) in [6.07, 6.45) is 3.89. The van der Waals surface area contributed by atoms with Crippen LogP contribution in [0.3, 0.4) is 0 Å². The molecule has 150 valence electrons. The lowest BCUT2D eigenvalue weighted by Gasteiger charge is -2.31. The number of Topliss-reactive ketones (excluding diaryl/α,β-unsaturated/α-hetero) is 1. The summed E-state index contributed by atoms with van der Waals surface area (Å²) in [4.78, 5) is 15.2. The number of nitrogens with one attached hydrogen (secondary N) is 1. The van der Waals surface area contributed by atoms with E-state index in [0.717, 1.165) is 45.2 Å².